The van der Waals surface area contributed by atoms with E-state index >= 15 is 0 Å². The number of amides is 1. The van der Waals surface area contributed by atoms with E-state index in [1.54, 1.807) is 6.92 Å². The number of carbonyl (C=O) groups excluding carboxylic acids is 1. The minimum absolute atomic E-state index is 0.371. The quantitative estimate of drug-likeness (QED) is 0.889. The average Bonchev–Trinajstić information content (AvgIpc) is 2.86. The first kappa shape index (κ1) is 10.8. The molecule has 4 nitrogen and oxygen atoms in total. The molecule has 0 aliphatic heterocycles. The zero-order chi connectivity index (χ0) is 11.4. The van der Waals surface area contributed by atoms with Crippen molar-refractivity contribution in [3.05, 3.63) is 36.0 Å². The Labute approximate surface area is 97.5 Å². The Hall–Kier alpha value is -1.75. The number of carbonyl (C=O) groups is 1. The Morgan fingerprint density at radius 3 is 2.94 bits per heavy atom. The van der Waals surface area contributed by atoms with Gasteiger partial charge in [-0.15, -0.1) is 11.3 Å². The predicted octanol–water partition coefficient (Wildman–Crippen LogP) is 3.11. The number of hydrogen-bond acceptors (Lipinski definition) is 3. The van der Waals surface area contributed by atoms with Crippen LogP contribution < -0.4 is 5.32 Å². The Morgan fingerprint density at radius 2 is 2.25 bits per heavy atom. The summed E-state index contributed by atoms with van der Waals surface area (Å²) < 4.78 is 6.78. The van der Waals surface area contributed by atoms with Gasteiger partial charge in [0.25, 0.3) is 0 Å². The highest BCUT2D eigenvalue weighted by Crippen LogP contribution is 2.27. The zero-order valence-corrected chi connectivity index (χ0v) is 9.66. The van der Waals surface area contributed by atoms with E-state index in [1.807, 2.05) is 40.5 Å². The highest BCUT2D eigenvalue weighted by Gasteiger charge is 2.09. The Bertz CT molecular complexity index is 462. The van der Waals surface area contributed by atoms with Crippen molar-refractivity contribution in [1.29, 1.82) is 0 Å². The lowest BCUT2D eigenvalue weighted by molar-refractivity contribution is 0.168. The summed E-state index contributed by atoms with van der Waals surface area (Å²) in [5.41, 5.74) is 0.947. The Balaban J connectivity index is 2.17. The molecule has 0 fully saturated rings. The molecule has 0 spiro atoms. The fourth-order valence-corrected chi connectivity index (χ4v) is 2.12. The van der Waals surface area contributed by atoms with Crippen LogP contribution in [0, 0.1) is 0 Å². The number of nitrogens with zero attached hydrogens (tertiary/aromatic N) is 1. The fourth-order valence-electron chi connectivity index (χ4n) is 1.35. The van der Waals surface area contributed by atoms with Crippen molar-refractivity contribution in [2.45, 2.75) is 6.92 Å². The first-order valence-corrected chi connectivity index (χ1v) is 5.84. The van der Waals surface area contributed by atoms with Crippen molar-refractivity contribution in [2.75, 3.05) is 11.9 Å². The van der Waals surface area contributed by atoms with Gasteiger partial charge < -0.3 is 9.30 Å². The smallest absolute Gasteiger partial charge is 0.412 e. The summed E-state index contributed by atoms with van der Waals surface area (Å²) in [5, 5.41) is 5.43. The standard InChI is InChI=1S/C11H12N2O2S/c1-2-15-11(14)12-10-9(5-8-16-10)13-6-3-4-7-13/h3-8H,2H2,1H3,(H,12,14). The predicted molar refractivity (Wildman–Crippen MR) is 64.3 cm³/mol. The summed E-state index contributed by atoms with van der Waals surface area (Å²) in [7, 11) is 0. The molecule has 84 valence electrons. The largest absolute Gasteiger partial charge is 0.450 e. The molecule has 0 aromatic carbocycles. The third-order valence-electron chi connectivity index (χ3n) is 2.02. The molecular weight excluding hydrogens is 224 g/mol. The van der Waals surface area contributed by atoms with E-state index in [1.165, 1.54) is 11.3 Å². The van der Waals surface area contributed by atoms with Crippen LogP contribution in [0.15, 0.2) is 36.0 Å². The van der Waals surface area contributed by atoms with Crippen LogP contribution in [-0.4, -0.2) is 17.3 Å². The van der Waals surface area contributed by atoms with Gasteiger partial charge in [0.1, 0.15) is 5.00 Å². The second-order valence-corrected chi connectivity index (χ2v) is 3.99. The number of anilines is 1. The summed E-state index contributed by atoms with van der Waals surface area (Å²) in [6.07, 6.45) is 3.44. The highest BCUT2D eigenvalue weighted by molar-refractivity contribution is 7.14. The Kier molecular flexibility index (Phi) is 3.26. The molecule has 0 bridgehead atoms. The second kappa shape index (κ2) is 4.85. The summed E-state index contributed by atoms with van der Waals surface area (Å²) in [6, 6.07) is 5.82. The minimum atomic E-state index is -0.418. The van der Waals surface area contributed by atoms with Crippen LogP contribution in [0.5, 0.6) is 0 Å². The van der Waals surface area contributed by atoms with Crippen LogP contribution in [0.3, 0.4) is 0 Å². The molecule has 0 atom stereocenters. The number of thiophene rings is 1. The molecule has 1 N–H and O–H groups in total. The minimum Gasteiger partial charge on any atom is -0.450 e. The van der Waals surface area contributed by atoms with Gasteiger partial charge in [-0.1, -0.05) is 0 Å². The average molecular weight is 236 g/mol. The molecule has 0 aliphatic rings. The van der Waals surface area contributed by atoms with Crippen molar-refractivity contribution in [3.8, 4) is 5.69 Å². The van der Waals surface area contributed by atoms with Gasteiger partial charge in [0.2, 0.25) is 0 Å². The maximum atomic E-state index is 11.3. The molecule has 0 unspecified atom stereocenters. The van der Waals surface area contributed by atoms with E-state index in [4.69, 9.17) is 4.74 Å². The number of nitrogens with one attached hydrogen (secondary N) is 1. The molecule has 5 heteroatoms. The molecule has 0 saturated carbocycles. The second-order valence-electron chi connectivity index (χ2n) is 3.07. The van der Waals surface area contributed by atoms with Crippen LogP contribution >= 0.6 is 11.3 Å². The molecule has 0 saturated heterocycles. The van der Waals surface area contributed by atoms with Crippen molar-refractivity contribution < 1.29 is 9.53 Å². The van der Waals surface area contributed by atoms with Crippen LogP contribution in [0.4, 0.5) is 9.80 Å². The molecule has 2 heterocycles. The molecule has 0 aliphatic carbocycles. The number of aromatic nitrogens is 1. The zero-order valence-electron chi connectivity index (χ0n) is 8.84. The van der Waals surface area contributed by atoms with E-state index < -0.39 is 6.09 Å². The van der Waals surface area contributed by atoms with Crippen LogP contribution in [0.1, 0.15) is 6.92 Å². The van der Waals surface area contributed by atoms with E-state index in [-0.39, 0.29) is 0 Å². The van der Waals surface area contributed by atoms with E-state index in [9.17, 15) is 4.79 Å². The molecule has 2 rings (SSSR count). The van der Waals surface area contributed by atoms with Gasteiger partial charge in [-0.2, -0.15) is 0 Å². The lowest BCUT2D eigenvalue weighted by atomic mass is 10.5. The summed E-state index contributed by atoms with van der Waals surface area (Å²) in [6.45, 7) is 2.15. The maximum absolute atomic E-state index is 11.3. The number of ether oxygens (including phenoxy) is 1. The maximum Gasteiger partial charge on any atom is 0.412 e. The molecule has 16 heavy (non-hydrogen) atoms. The van der Waals surface area contributed by atoms with E-state index in [0.717, 1.165) is 10.7 Å². The molecule has 1 amide bonds. The summed E-state index contributed by atoms with van der Waals surface area (Å²) >= 11 is 1.47. The van der Waals surface area contributed by atoms with Crippen LogP contribution in [0.25, 0.3) is 5.69 Å². The molecular formula is C11H12N2O2S. The fraction of sp³-hybridized carbons (Fsp3) is 0.182. The molecule has 2 aromatic rings. The Morgan fingerprint density at radius 1 is 1.50 bits per heavy atom. The first-order valence-electron chi connectivity index (χ1n) is 4.96. The lowest BCUT2D eigenvalue weighted by Crippen LogP contribution is -2.13. The lowest BCUT2D eigenvalue weighted by Gasteiger charge is -2.06. The van der Waals surface area contributed by atoms with Gasteiger partial charge >= 0.3 is 6.09 Å². The van der Waals surface area contributed by atoms with Gasteiger partial charge in [-0.25, -0.2) is 4.79 Å². The van der Waals surface area contributed by atoms with Gasteiger partial charge in [0.15, 0.2) is 0 Å². The van der Waals surface area contributed by atoms with Gasteiger partial charge in [0.05, 0.1) is 12.3 Å². The highest BCUT2D eigenvalue weighted by atomic mass is 32.1. The van der Waals surface area contributed by atoms with Crippen LogP contribution in [0.2, 0.25) is 0 Å². The number of hydrogen-bond donors (Lipinski definition) is 1. The summed E-state index contributed by atoms with van der Waals surface area (Å²) in [4.78, 5) is 11.3. The van der Waals surface area contributed by atoms with Crippen molar-refractivity contribution in [3.63, 3.8) is 0 Å². The first-order chi connectivity index (χ1) is 7.81. The normalized spacial score (nSPS) is 10.1. The molecule has 2 aromatic heterocycles. The van der Waals surface area contributed by atoms with Gasteiger partial charge in [-0.3, -0.25) is 5.32 Å². The number of rotatable bonds is 3. The van der Waals surface area contributed by atoms with Crippen molar-refractivity contribution in [1.82, 2.24) is 4.57 Å². The van der Waals surface area contributed by atoms with E-state index in [0.29, 0.717) is 6.61 Å². The molecule has 0 radical (unpaired) electrons. The third kappa shape index (κ3) is 2.25. The van der Waals surface area contributed by atoms with E-state index in [2.05, 4.69) is 5.32 Å². The third-order valence-corrected chi connectivity index (χ3v) is 2.84. The van der Waals surface area contributed by atoms with Crippen molar-refractivity contribution in [2.24, 2.45) is 0 Å². The summed E-state index contributed by atoms with van der Waals surface area (Å²) in [5.74, 6) is 0. The van der Waals surface area contributed by atoms with Crippen LogP contribution in [-0.2, 0) is 4.74 Å². The topological polar surface area (TPSA) is 43.3 Å². The van der Waals surface area contributed by atoms with Gasteiger partial charge in [0, 0.05) is 12.4 Å². The SMILES string of the molecule is CCOC(=O)Nc1sccc1-n1cccc1. The monoisotopic (exact) mass is 236 g/mol. The van der Waals surface area contributed by atoms with Crippen molar-refractivity contribution >= 4 is 22.4 Å². The van der Waals surface area contributed by atoms with Gasteiger partial charge in [-0.05, 0) is 30.5 Å².